The Labute approximate surface area is 136 Å². The Bertz CT molecular complexity index is 835. The van der Waals surface area contributed by atoms with Crippen LogP contribution in [0.1, 0.15) is 17.0 Å². The van der Waals surface area contributed by atoms with E-state index in [1.54, 1.807) is 13.3 Å². The molecule has 0 aliphatic heterocycles. The van der Waals surface area contributed by atoms with Crippen LogP contribution in [-0.4, -0.2) is 22.9 Å². The molecule has 3 aromatic rings. The van der Waals surface area contributed by atoms with Crippen molar-refractivity contribution < 1.29 is 4.74 Å². The number of rotatable bonds is 4. The number of hydrogen-bond acceptors (Lipinski definition) is 3. The molecule has 4 nitrogen and oxygen atoms in total. The van der Waals surface area contributed by atoms with Crippen molar-refractivity contribution >= 4 is 11.9 Å². The van der Waals surface area contributed by atoms with Crippen molar-refractivity contribution in [3.05, 3.63) is 71.7 Å². The number of nitrogens with zero attached hydrogens (tertiary/aromatic N) is 3. The van der Waals surface area contributed by atoms with Gasteiger partial charge in [-0.25, -0.2) is 4.98 Å². The molecule has 3 rings (SSSR count). The smallest absolute Gasteiger partial charge is 0.144 e. The predicted molar refractivity (Wildman–Crippen MR) is 93.3 cm³/mol. The Morgan fingerprint density at radius 3 is 2.61 bits per heavy atom. The van der Waals surface area contributed by atoms with E-state index in [1.165, 1.54) is 0 Å². The lowest BCUT2D eigenvalue weighted by molar-refractivity contribution is 0.416. The lowest BCUT2D eigenvalue weighted by Crippen LogP contribution is -2.01. The van der Waals surface area contributed by atoms with Gasteiger partial charge in [0.2, 0.25) is 0 Å². The van der Waals surface area contributed by atoms with Gasteiger partial charge in [0.05, 0.1) is 7.11 Å². The highest BCUT2D eigenvalue weighted by atomic mass is 16.5. The van der Waals surface area contributed by atoms with Crippen molar-refractivity contribution in [1.29, 1.82) is 0 Å². The second kappa shape index (κ2) is 6.48. The summed E-state index contributed by atoms with van der Waals surface area (Å²) >= 11 is 0. The van der Waals surface area contributed by atoms with Crippen LogP contribution >= 0.6 is 0 Å². The molecule has 4 heteroatoms. The fourth-order valence-corrected chi connectivity index (χ4v) is 2.63. The number of ether oxygens (including phenoxy) is 1. The molecule has 2 heterocycles. The zero-order valence-electron chi connectivity index (χ0n) is 13.5. The topological polar surface area (TPSA) is 39.4 Å². The largest absolute Gasteiger partial charge is 0.494 e. The second-order valence-corrected chi connectivity index (χ2v) is 5.28. The fraction of sp³-hybridized carbons (Fsp3) is 0.158. The molecule has 0 fully saturated rings. The van der Waals surface area contributed by atoms with Crippen molar-refractivity contribution in [2.45, 2.75) is 13.8 Å². The Kier molecular flexibility index (Phi) is 4.24. The van der Waals surface area contributed by atoms with E-state index in [1.807, 2.05) is 48.7 Å². The number of aliphatic imine (C=N–C) groups is 1. The van der Waals surface area contributed by atoms with Crippen molar-refractivity contribution in [3.8, 4) is 11.6 Å². The lowest BCUT2D eigenvalue weighted by atomic mass is 10.2. The minimum absolute atomic E-state index is 0.766. The highest BCUT2D eigenvalue weighted by Crippen LogP contribution is 2.26. The first kappa shape index (κ1) is 15.0. The van der Waals surface area contributed by atoms with E-state index in [0.29, 0.717) is 0 Å². The van der Waals surface area contributed by atoms with Gasteiger partial charge in [0.25, 0.3) is 0 Å². The molecule has 23 heavy (non-hydrogen) atoms. The SMILES string of the molecule is COc1ccccc1N=Cc1cc(C)n(-c2ccccn2)c1C. The molecule has 0 aliphatic carbocycles. The van der Waals surface area contributed by atoms with E-state index < -0.39 is 0 Å². The van der Waals surface area contributed by atoms with Gasteiger partial charge in [-0.2, -0.15) is 0 Å². The first-order valence-corrected chi connectivity index (χ1v) is 7.48. The molecule has 0 bridgehead atoms. The van der Waals surface area contributed by atoms with Crippen molar-refractivity contribution in [1.82, 2.24) is 9.55 Å². The zero-order valence-corrected chi connectivity index (χ0v) is 13.5. The van der Waals surface area contributed by atoms with Crippen LogP contribution in [-0.2, 0) is 0 Å². The molecule has 0 unspecified atom stereocenters. The third-order valence-corrected chi connectivity index (χ3v) is 3.78. The molecule has 0 N–H and O–H groups in total. The van der Waals surface area contributed by atoms with Crippen molar-refractivity contribution in [2.75, 3.05) is 7.11 Å². The van der Waals surface area contributed by atoms with Gasteiger partial charge in [0.15, 0.2) is 0 Å². The Balaban J connectivity index is 1.98. The van der Waals surface area contributed by atoms with Crippen molar-refractivity contribution in [2.24, 2.45) is 4.99 Å². The molecule has 0 spiro atoms. The summed E-state index contributed by atoms with van der Waals surface area (Å²) in [6, 6.07) is 15.8. The van der Waals surface area contributed by atoms with Gasteiger partial charge in [0.1, 0.15) is 17.3 Å². The van der Waals surface area contributed by atoms with Gasteiger partial charge in [-0.3, -0.25) is 4.99 Å². The molecule has 0 radical (unpaired) electrons. The number of hydrogen-bond donors (Lipinski definition) is 0. The highest BCUT2D eigenvalue weighted by Gasteiger charge is 2.10. The van der Waals surface area contributed by atoms with Gasteiger partial charge < -0.3 is 9.30 Å². The molecule has 116 valence electrons. The number of aryl methyl sites for hydroxylation is 1. The summed E-state index contributed by atoms with van der Waals surface area (Å²) in [5.41, 5.74) is 4.12. The Morgan fingerprint density at radius 2 is 1.87 bits per heavy atom. The van der Waals surface area contributed by atoms with E-state index in [4.69, 9.17) is 4.74 Å². The van der Waals surface area contributed by atoms with Gasteiger partial charge in [-0.05, 0) is 44.2 Å². The number of benzene rings is 1. The van der Waals surface area contributed by atoms with Crippen molar-refractivity contribution in [3.63, 3.8) is 0 Å². The molecule has 0 saturated carbocycles. The number of methoxy groups -OCH3 is 1. The summed E-state index contributed by atoms with van der Waals surface area (Å²) in [5, 5.41) is 0. The quantitative estimate of drug-likeness (QED) is 0.676. The molecule has 1 aromatic carbocycles. The average molecular weight is 305 g/mol. The normalized spacial score (nSPS) is 11.1. The van der Waals surface area contributed by atoms with Crippen LogP contribution < -0.4 is 4.74 Å². The van der Waals surface area contributed by atoms with Crippen LogP contribution in [0.25, 0.3) is 5.82 Å². The molecule has 0 atom stereocenters. The maximum absolute atomic E-state index is 5.33. The number of para-hydroxylation sites is 2. The fourth-order valence-electron chi connectivity index (χ4n) is 2.63. The molecule has 2 aromatic heterocycles. The minimum atomic E-state index is 0.766. The van der Waals surface area contributed by atoms with Gasteiger partial charge >= 0.3 is 0 Å². The van der Waals surface area contributed by atoms with Gasteiger partial charge in [-0.15, -0.1) is 0 Å². The highest BCUT2D eigenvalue weighted by molar-refractivity contribution is 5.84. The van der Waals surface area contributed by atoms with Gasteiger partial charge in [0, 0.05) is 29.4 Å². The molecule has 0 aliphatic rings. The summed E-state index contributed by atoms with van der Waals surface area (Å²) in [6.45, 7) is 4.15. The van der Waals surface area contributed by atoms with Crippen LogP contribution in [0.15, 0.2) is 59.7 Å². The summed E-state index contributed by atoms with van der Waals surface area (Å²) in [5.74, 6) is 1.68. The van der Waals surface area contributed by atoms with E-state index in [2.05, 4.69) is 34.5 Å². The van der Waals surface area contributed by atoms with Crippen LogP contribution in [0, 0.1) is 13.8 Å². The van der Waals surface area contributed by atoms with Crippen LogP contribution in [0.3, 0.4) is 0 Å². The van der Waals surface area contributed by atoms with E-state index in [9.17, 15) is 0 Å². The standard InChI is InChI=1S/C19H19N3O/c1-14-12-16(13-21-17-8-4-5-9-18(17)23-3)15(2)22(14)19-10-6-7-11-20-19/h4-13H,1-3H3. The molecule has 0 saturated heterocycles. The Morgan fingerprint density at radius 1 is 1.09 bits per heavy atom. The zero-order chi connectivity index (χ0) is 16.2. The first-order chi connectivity index (χ1) is 11.2. The Hall–Kier alpha value is -2.88. The predicted octanol–water partition coefficient (Wildman–Crippen LogP) is 4.25. The maximum Gasteiger partial charge on any atom is 0.144 e. The average Bonchev–Trinajstić information content (AvgIpc) is 2.87. The third kappa shape index (κ3) is 3.01. The molecular formula is C19H19N3O. The summed E-state index contributed by atoms with van der Waals surface area (Å²) in [7, 11) is 1.65. The maximum atomic E-state index is 5.33. The first-order valence-electron chi connectivity index (χ1n) is 7.48. The van der Waals surface area contributed by atoms with Crippen LogP contribution in [0.4, 0.5) is 5.69 Å². The van der Waals surface area contributed by atoms with Crippen LogP contribution in [0.2, 0.25) is 0 Å². The number of pyridine rings is 1. The summed E-state index contributed by atoms with van der Waals surface area (Å²) < 4.78 is 7.46. The monoisotopic (exact) mass is 305 g/mol. The van der Waals surface area contributed by atoms with E-state index in [0.717, 1.165) is 34.2 Å². The van der Waals surface area contributed by atoms with Gasteiger partial charge in [-0.1, -0.05) is 18.2 Å². The number of aromatic nitrogens is 2. The summed E-state index contributed by atoms with van der Waals surface area (Å²) in [4.78, 5) is 9.00. The van der Waals surface area contributed by atoms with E-state index in [-0.39, 0.29) is 0 Å². The summed E-state index contributed by atoms with van der Waals surface area (Å²) in [6.07, 6.45) is 3.68. The third-order valence-electron chi connectivity index (χ3n) is 3.78. The molecule has 0 amide bonds. The van der Waals surface area contributed by atoms with Crippen LogP contribution in [0.5, 0.6) is 5.75 Å². The lowest BCUT2D eigenvalue weighted by Gasteiger charge is -2.07. The molecular weight excluding hydrogens is 286 g/mol. The van der Waals surface area contributed by atoms with E-state index >= 15 is 0 Å². The second-order valence-electron chi connectivity index (χ2n) is 5.28. The minimum Gasteiger partial charge on any atom is -0.494 e.